The second-order valence-corrected chi connectivity index (χ2v) is 6.77. The van der Waals surface area contributed by atoms with E-state index in [4.69, 9.17) is 4.52 Å². The molecule has 0 spiro atoms. The maximum absolute atomic E-state index is 5.45. The van der Waals surface area contributed by atoms with Crippen LogP contribution in [0, 0.1) is 0 Å². The average Bonchev–Trinajstić information content (AvgIpc) is 3.03. The van der Waals surface area contributed by atoms with Gasteiger partial charge in [-0.1, -0.05) is 24.2 Å². The number of thioether (sulfide) groups is 1. The van der Waals surface area contributed by atoms with Gasteiger partial charge >= 0.3 is 0 Å². The highest BCUT2D eigenvalue weighted by atomic mass is 35.5. The molecular formula is C16H23ClN4OS. The molecule has 2 aromatic rings. The van der Waals surface area contributed by atoms with Crippen molar-refractivity contribution in [1.82, 2.24) is 20.4 Å². The molecule has 1 unspecified atom stereocenters. The highest BCUT2D eigenvalue weighted by Crippen LogP contribution is 2.23. The van der Waals surface area contributed by atoms with Crippen LogP contribution in [0.1, 0.15) is 24.4 Å². The van der Waals surface area contributed by atoms with Gasteiger partial charge in [0, 0.05) is 31.0 Å². The van der Waals surface area contributed by atoms with Crippen molar-refractivity contribution in [2.24, 2.45) is 0 Å². The number of rotatable bonds is 5. The molecule has 5 nitrogen and oxygen atoms in total. The minimum Gasteiger partial charge on any atom is -0.334 e. The summed E-state index contributed by atoms with van der Waals surface area (Å²) in [6.07, 6.45) is 0. The summed E-state index contributed by atoms with van der Waals surface area (Å²) in [7, 11) is 2.10. The summed E-state index contributed by atoms with van der Waals surface area (Å²) in [5, 5.41) is 7.54. The van der Waals surface area contributed by atoms with Crippen LogP contribution >= 0.6 is 24.2 Å². The molecule has 0 radical (unpaired) electrons. The fourth-order valence-electron chi connectivity index (χ4n) is 2.55. The van der Waals surface area contributed by atoms with Crippen molar-refractivity contribution in [1.29, 1.82) is 0 Å². The van der Waals surface area contributed by atoms with Crippen molar-refractivity contribution >= 4 is 24.2 Å². The maximum atomic E-state index is 5.45. The van der Waals surface area contributed by atoms with Crippen molar-refractivity contribution in [3.05, 3.63) is 35.7 Å². The number of benzene rings is 1. The minimum atomic E-state index is 0. The standard InChI is InChI=1S/C16H22N4OS.ClH/c1-3-22-11-12-4-6-13(7-5-12)16-18-15(19-21-16)14-10-17-8-9-20(14)2;/h4-7,14,17H,3,8-11H2,1-2H3;1H. The number of nitrogens with zero attached hydrogens (tertiary/aromatic N) is 3. The number of aromatic nitrogens is 2. The van der Waals surface area contributed by atoms with E-state index in [9.17, 15) is 0 Å². The Hall–Kier alpha value is -1.08. The smallest absolute Gasteiger partial charge is 0.257 e. The van der Waals surface area contributed by atoms with Gasteiger partial charge in [-0.3, -0.25) is 4.90 Å². The largest absolute Gasteiger partial charge is 0.334 e. The third kappa shape index (κ3) is 4.47. The molecule has 7 heteroatoms. The molecule has 0 aliphatic carbocycles. The number of halogens is 1. The molecule has 0 saturated carbocycles. The molecule has 1 aliphatic heterocycles. The molecule has 1 aliphatic rings. The fraction of sp³-hybridized carbons (Fsp3) is 0.500. The van der Waals surface area contributed by atoms with Gasteiger partial charge < -0.3 is 9.84 Å². The lowest BCUT2D eigenvalue weighted by Gasteiger charge is -2.30. The lowest BCUT2D eigenvalue weighted by atomic mass is 10.1. The molecule has 2 heterocycles. The number of likely N-dealkylation sites (N-methyl/N-ethyl adjacent to an activating group) is 1. The van der Waals surface area contributed by atoms with Crippen LogP contribution in [0.15, 0.2) is 28.8 Å². The molecule has 0 amide bonds. The third-order valence-electron chi connectivity index (χ3n) is 3.92. The summed E-state index contributed by atoms with van der Waals surface area (Å²) in [6, 6.07) is 8.58. The monoisotopic (exact) mass is 354 g/mol. The van der Waals surface area contributed by atoms with Crippen LogP contribution in [0.4, 0.5) is 0 Å². The first-order valence-electron chi connectivity index (χ1n) is 7.69. The van der Waals surface area contributed by atoms with E-state index in [-0.39, 0.29) is 18.4 Å². The van der Waals surface area contributed by atoms with Gasteiger partial charge in [0.15, 0.2) is 5.82 Å². The first kappa shape index (κ1) is 18.3. The Bertz CT molecular complexity index is 604. The van der Waals surface area contributed by atoms with Crippen LogP contribution < -0.4 is 5.32 Å². The Kier molecular flexibility index (Phi) is 6.89. The summed E-state index contributed by atoms with van der Waals surface area (Å²) >= 11 is 1.92. The summed E-state index contributed by atoms with van der Waals surface area (Å²) in [5.41, 5.74) is 2.31. The Morgan fingerprint density at radius 1 is 1.35 bits per heavy atom. The molecule has 3 rings (SSSR count). The predicted molar refractivity (Wildman–Crippen MR) is 97.1 cm³/mol. The molecule has 1 atom stereocenters. The van der Waals surface area contributed by atoms with Gasteiger partial charge in [-0.05, 0) is 30.5 Å². The summed E-state index contributed by atoms with van der Waals surface area (Å²) in [6.45, 7) is 5.05. The van der Waals surface area contributed by atoms with E-state index in [1.54, 1.807) is 0 Å². The molecule has 1 saturated heterocycles. The average molecular weight is 355 g/mol. The van der Waals surface area contributed by atoms with Gasteiger partial charge in [-0.2, -0.15) is 16.7 Å². The maximum Gasteiger partial charge on any atom is 0.257 e. The highest BCUT2D eigenvalue weighted by molar-refractivity contribution is 7.98. The molecule has 0 bridgehead atoms. The van der Waals surface area contributed by atoms with E-state index in [0.717, 1.165) is 42.5 Å². The Morgan fingerprint density at radius 2 is 2.13 bits per heavy atom. The first-order valence-corrected chi connectivity index (χ1v) is 8.85. The van der Waals surface area contributed by atoms with Gasteiger partial charge in [0.1, 0.15) is 0 Å². The second kappa shape index (κ2) is 8.68. The van der Waals surface area contributed by atoms with Crippen molar-refractivity contribution in [2.75, 3.05) is 32.4 Å². The van der Waals surface area contributed by atoms with Crippen LogP contribution in [0.5, 0.6) is 0 Å². The van der Waals surface area contributed by atoms with Crippen LogP contribution in [-0.2, 0) is 5.75 Å². The van der Waals surface area contributed by atoms with Crippen LogP contribution in [0.3, 0.4) is 0 Å². The summed E-state index contributed by atoms with van der Waals surface area (Å²) < 4.78 is 5.45. The van der Waals surface area contributed by atoms with E-state index >= 15 is 0 Å². The van der Waals surface area contributed by atoms with Crippen molar-refractivity contribution in [3.63, 3.8) is 0 Å². The predicted octanol–water partition coefficient (Wildman–Crippen LogP) is 2.99. The molecule has 126 valence electrons. The van der Waals surface area contributed by atoms with E-state index < -0.39 is 0 Å². The van der Waals surface area contributed by atoms with Crippen LogP contribution in [0.25, 0.3) is 11.5 Å². The molecule has 1 N–H and O–H groups in total. The van der Waals surface area contributed by atoms with Gasteiger partial charge in [0.2, 0.25) is 0 Å². The number of hydrogen-bond donors (Lipinski definition) is 1. The molecule has 1 aromatic carbocycles. The SMILES string of the molecule is CCSCc1ccc(-c2nc(C3CNCCN3C)no2)cc1.Cl. The Balaban J connectivity index is 0.00000192. The van der Waals surface area contributed by atoms with Gasteiger partial charge in [-0.15, -0.1) is 12.4 Å². The van der Waals surface area contributed by atoms with E-state index in [2.05, 4.69) is 58.6 Å². The zero-order chi connectivity index (χ0) is 15.4. The van der Waals surface area contributed by atoms with E-state index in [1.807, 2.05) is 11.8 Å². The molecule has 1 aromatic heterocycles. The third-order valence-corrected chi connectivity index (χ3v) is 4.87. The number of piperazine rings is 1. The first-order chi connectivity index (χ1) is 10.8. The minimum absolute atomic E-state index is 0. The lowest BCUT2D eigenvalue weighted by molar-refractivity contribution is 0.190. The summed E-state index contributed by atoms with van der Waals surface area (Å²) in [4.78, 5) is 6.84. The van der Waals surface area contributed by atoms with Crippen LogP contribution in [-0.4, -0.2) is 47.5 Å². The van der Waals surface area contributed by atoms with E-state index in [0.29, 0.717) is 5.89 Å². The lowest BCUT2D eigenvalue weighted by Crippen LogP contribution is -2.44. The van der Waals surface area contributed by atoms with Gasteiger partial charge in [0.05, 0.1) is 6.04 Å². The Labute approximate surface area is 147 Å². The fourth-order valence-corrected chi connectivity index (χ4v) is 3.18. The van der Waals surface area contributed by atoms with Crippen molar-refractivity contribution in [3.8, 4) is 11.5 Å². The van der Waals surface area contributed by atoms with Crippen molar-refractivity contribution < 1.29 is 4.52 Å². The zero-order valence-corrected chi connectivity index (χ0v) is 15.1. The van der Waals surface area contributed by atoms with Crippen molar-refractivity contribution in [2.45, 2.75) is 18.7 Å². The van der Waals surface area contributed by atoms with Gasteiger partial charge in [-0.25, -0.2) is 0 Å². The number of nitrogens with one attached hydrogen (secondary N) is 1. The normalized spacial score (nSPS) is 18.6. The summed E-state index contributed by atoms with van der Waals surface area (Å²) in [5.74, 6) is 3.54. The zero-order valence-electron chi connectivity index (χ0n) is 13.5. The molecular weight excluding hydrogens is 332 g/mol. The second-order valence-electron chi connectivity index (χ2n) is 5.49. The van der Waals surface area contributed by atoms with E-state index in [1.165, 1.54) is 5.56 Å². The quantitative estimate of drug-likeness (QED) is 0.890. The number of hydrogen-bond acceptors (Lipinski definition) is 6. The topological polar surface area (TPSA) is 54.2 Å². The Morgan fingerprint density at radius 3 is 2.83 bits per heavy atom. The molecule has 1 fully saturated rings. The molecule has 23 heavy (non-hydrogen) atoms. The van der Waals surface area contributed by atoms with Gasteiger partial charge in [0.25, 0.3) is 5.89 Å². The van der Waals surface area contributed by atoms with Crippen LogP contribution in [0.2, 0.25) is 0 Å². The highest BCUT2D eigenvalue weighted by Gasteiger charge is 2.25.